The number of hydrogen-bond donors (Lipinski definition) is 2. The van der Waals surface area contributed by atoms with Crippen molar-refractivity contribution in [3.63, 3.8) is 0 Å². The lowest BCUT2D eigenvalue weighted by atomic mass is 10.0. The third kappa shape index (κ3) is 8.43. The summed E-state index contributed by atoms with van der Waals surface area (Å²) in [4.78, 5) is 18.4. The lowest BCUT2D eigenvalue weighted by Gasteiger charge is -2.27. The number of nitrogens with one attached hydrogen (secondary N) is 1. The van der Waals surface area contributed by atoms with Gasteiger partial charge in [0.05, 0.1) is 23.4 Å². The lowest BCUT2D eigenvalue weighted by Crippen LogP contribution is -2.38. The van der Waals surface area contributed by atoms with Gasteiger partial charge in [0.1, 0.15) is 5.75 Å². The predicted molar refractivity (Wildman–Crippen MR) is 134 cm³/mol. The van der Waals surface area contributed by atoms with E-state index in [1.807, 2.05) is 33.8 Å². The predicted octanol–water partition coefficient (Wildman–Crippen LogP) is 6.67. The molecule has 35 heavy (non-hydrogen) atoms. The molecule has 194 valence electrons. The van der Waals surface area contributed by atoms with Crippen LogP contribution in [0.15, 0.2) is 36.5 Å². The first-order chi connectivity index (χ1) is 16.7. The summed E-state index contributed by atoms with van der Waals surface area (Å²) in [5, 5.41) is 12.1. The zero-order valence-corrected chi connectivity index (χ0v) is 21.4. The first kappa shape index (κ1) is 30.3. The lowest BCUT2D eigenvalue weighted by molar-refractivity contribution is -0.138. The number of benzene rings is 1. The minimum Gasteiger partial charge on any atom is -0.496 e. The van der Waals surface area contributed by atoms with E-state index in [1.165, 1.54) is 11.0 Å². The second kappa shape index (κ2) is 14.6. The molecule has 2 amide bonds. The van der Waals surface area contributed by atoms with Crippen LogP contribution in [-0.4, -0.2) is 47.8 Å². The SMILES string of the molecule is CC.CC.COc1cc(NC(=O)N2CC=C(c3ncc(CCO)cc3Cl)CC2)ccc1C(F)(F)F. The summed E-state index contributed by atoms with van der Waals surface area (Å²) in [5.74, 6) is -0.364. The van der Waals surface area contributed by atoms with Crippen molar-refractivity contribution in [2.24, 2.45) is 0 Å². The number of carbonyl (C=O) groups is 1. The van der Waals surface area contributed by atoms with E-state index in [4.69, 9.17) is 21.4 Å². The first-order valence-corrected chi connectivity index (χ1v) is 11.9. The fourth-order valence-electron chi connectivity index (χ4n) is 3.25. The summed E-state index contributed by atoms with van der Waals surface area (Å²) in [5.41, 5.74) is 1.67. The minimum atomic E-state index is -4.55. The van der Waals surface area contributed by atoms with Gasteiger partial charge >= 0.3 is 12.2 Å². The van der Waals surface area contributed by atoms with Crippen LogP contribution in [0.2, 0.25) is 5.02 Å². The summed E-state index contributed by atoms with van der Waals surface area (Å²) in [6.07, 6.45) is -0.0518. The number of aliphatic hydroxyl groups excluding tert-OH is 1. The van der Waals surface area contributed by atoms with E-state index in [2.05, 4.69) is 10.3 Å². The van der Waals surface area contributed by atoms with Crippen LogP contribution in [0.3, 0.4) is 0 Å². The molecule has 0 fully saturated rings. The maximum atomic E-state index is 13.0. The molecule has 0 saturated carbocycles. The molecule has 0 aliphatic carbocycles. The van der Waals surface area contributed by atoms with Gasteiger partial charge in [0.25, 0.3) is 0 Å². The zero-order valence-electron chi connectivity index (χ0n) is 20.7. The van der Waals surface area contributed by atoms with Gasteiger partial charge in [0.2, 0.25) is 0 Å². The number of alkyl halides is 3. The number of halogens is 4. The molecule has 0 bridgehead atoms. The molecular weight excluding hydrogens is 483 g/mol. The van der Waals surface area contributed by atoms with Gasteiger partial charge < -0.3 is 20.1 Å². The molecule has 1 aliphatic heterocycles. The van der Waals surface area contributed by atoms with Gasteiger partial charge in [-0.2, -0.15) is 13.2 Å². The molecule has 0 unspecified atom stereocenters. The highest BCUT2D eigenvalue weighted by Crippen LogP contribution is 2.37. The molecule has 0 spiro atoms. The molecule has 2 aromatic rings. The van der Waals surface area contributed by atoms with E-state index in [-0.39, 0.29) is 18.0 Å². The smallest absolute Gasteiger partial charge is 0.419 e. The van der Waals surface area contributed by atoms with Gasteiger partial charge in [-0.25, -0.2) is 4.79 Å². The van der Waals surface area contributed by atoms with Gasteiger partial charge in [-0.15, -0.1) is 0 Å². The van der Waals surface area contributed by atoms with Crippen molar-refractivity contribution in [1.29, 1.82) is 0 Å². The summed E-state index contributed by atoms with van der Waals surface area (Å²) in [7, 11) is 1.14. The Hall–Kier alpha value is -2.78. The summed E-state index contributed by atoms with van der Waals surface area (Å²) in [6.45, 7) is 8.70. The highest BCUT2D eigenvalue weighted by Gasteiger charge is 2.34. The van der Waals surface area contributed by atoms with Crippen molar-refractivity contribution in [1.82, 2.24) is 9.88 Å². The second-order valence-electron chi connectivity index (χ2n) is 6.92. The van der Waals surface area contributed by atoms with Crippen LogP contribution >= 0.6 is 11.6 Å². The van der Waals surface area contributed by atoms with Crippen molar-refractivity contribution < 1.29 is 27.8 Å². The Bertz CT molecular complexity index is 998. The van der Waals surface area contributed by atoms with Crippen molar-refractivity contribution in [3.05, 3.63) is 58.4 Å². The van der Waals surface area contributed by atoms with Gasteiger partial charge in [-0.05, 0) is 42.2 Å². The maximum absolute atomic E-state index is 13.0. The number of anilines is 1. The second-order valence-corrected chi connectivity index (χ2v) is 7.32. The Morgan fingerprint density at radius 1 is 1.23 bits per heavy atom. The third-order valence-electron chi connectivity index (χ3n) is 4.86. The van der Waals surface area contributed by atoms with Crippen LogP contribution < -0.4 is 10.1 Å². The molecule has 1 aromatic carbocycles. The van der Waals surface area contributed by atoms with Crippen molar-refractivity contribution in [2.45, 2.75) is 46.7 Å². The molecule has 0 atom stereocenters. The number of hydrogen-bond acceptors (Lipinski definition) is 4. The molecule has 6 nitrogen and oxygen atoms in total. The number of aliphatic hydroxyl groups is 1. The van der Waals surface area contributed by atoms with Crippen LogP contribution in [0, 0.1) is 0 Å². The number of rotatable bonds is 5. The Labute approximate surface area is 209 Å². The van der Waals surface area contributed by atoms with Crippen LogP contribution in [0.1, 0.15) is 50.9 Å². The Kier molecular flexibility index (Phi) is 12.6. The molecule has 10 heteroatoms. The Morgan fingerprint density at radius 2 is 1.91 bits per heavy atom. The largest absolute Gasteiger partial charge is 0.496 e. The number of methoxy groups -OCH3 is 1. The fourth-order valence-corrected chi connectivity index (χ4v) is 3.56. The average molecular weight is 516 g/mol. The normalized spacial score (nSPS) is 13.0. The van der Waals surface area contributed by atoms with Crippen LogP contribution in [0.25, 0.3) is 5.57 Å². The molecule has 1 aliphatic rings. The maximum Gasteiger partial charge on any atom is 0.419 e. The van der Waals surface area contributed by atoms with E-state index >= 15 is 0 Å². The first-order valence-electron chi connectivity index (χ1n) is 11.5. The van der Waals surface area contributed by atoms with Gasteiger partial charge in [-0.1, -0.05) is 45.4 Å². The van der Waals surface area contributed by atoms with Crippen LogP contribution in [0.5, 0.6) is 5.75 Å². The number of pyridine rings is 1. The zero-order chi connectivity index (χ0) is 26.6. The molecule has 0 radical (unpaired) electrons. The van der Waals surface area contributed by atoms with Crippen molar-refractivity contribution in [3.8, 4) is 5.75 Å². The van der Waals surface area contributed by atoms with Crippen LogP contribution in [-0.2, 0) is 12.6 Å². The standard InChI is InChI=1S/C21H21ClF3N3O3.2C2H6/c1-31-18-11-15(2-3-16(18)21(23,24)25)27-20(30)28-7-4-14(5-8-28)19-17(22)10-13(6-9-29)12-26-19;2*1-2/h2-4,10-12,29H,5-9H2,1H3,(H,27,30);2*1-2H3. The number of carbonyl (C=O) groups excluding carboxylic acids is 1. The quantitative estimate of drug-likeness (QED) is 0.466. The van der Waals surface area contributed by atoms with E-state index in [1.54, 1.807) is 12.3 Å². The van der Waals surface area contributed by atoms with E-state index in [0.717, 1.165) is 30.4 Å². The summed E-state index contributed by atoms with van der Waals surface area (Å²) < 4.78 is 43.7. The molecule has 2 N–H and O–H groups in total. The number of urea groups is 1. The molecule has 2 heterocycles. The van der Waals surface area contributed by atoms with E-state index in [9.17, 15) is 18.0 Å². The van der Waals surface area contributed by atoms with Crippen LogP contribution in [0.4, 0.5) is 23.7 Å². The molecule has 0 saturated heterocycles. The summed E-state index contributed by atoms with van der Waals surface area (Å²) >= 11 is 6.31. The highest BCUT2D eigenvalue weighted by atomic mass is 35.5. The minimum absolute atomic E-state index is 0.00886. The Balaban J connectivity index is 0.00000145. The fraction of sp³-hybridized carbons (Fsp3) is 0.440. The Morgan fingerprint density at radius 3 is 2.43 bits per heavy atom. The van der Waals surface area contributed by atoms with Gasteiger partial charge in [0.15, 0.2) is 0 Å². The topological polar surface area (TPSA) is 74.7 Å². The van der Waals surface area contributed by atoms with Gasteiger partial charge in [-0.3, -0.25) is 4.98 Å². The van der Waals surface area contributed by atoms with E-state index in [0.29, 0.717) is 36.6 Å². The number of aromatic nitrogens is 1. The van der Waals surface area contributed by atoms with Gasteiger partial charge in [0, 0.05) is 37.6 Å². The van der Waals surface area contributed by atoms with Crippen molar-refractivity contribution >= 4 is 28.9 Å². The number of nitrogens with zero attached hydrogens (tertiary/aromatic N) is 2. The number of ether oxygens (including phenoxy) is 1. The van der Waals surface area contributed by atoms with E-state index < -0.39 is 17.8 Å². The molecular formula is C25H33ClF3N3O3. The summed E-state index contributed by atoms with van der Waals surface area (Å²) in [6, 6.07) is 4.53. The molecule has 3 rings (SSSR count). The highest BCUT2D eigenvalue weighted by molar-refractivity contribution is 6.32. The number of amides is 2. The average Bonchev–Trinajstić information content (AvgIpc) is 2.86. The third-order valence-corrected chi connectivity index (χ3v) is 5.15. The van der Waals surface area contributed by atoms with Crippen molar-refractivity contribution in [2.75, 3.05) is 32.1 Å². The monoisotopic (exact) mass is 515 g/mol. The molecule has 1 aromatic heterocycles.